The molecule has 2 saturated heterocycles. The second kappa shape index (κ2) is 10.2. The number of carboxylic acids is 1. The van der Waals surface area contributed by atoms with Gasteiger partial charge in [0.15, 0.2) is 11.3 Å². The molecule has 2 aliphatic heterocycles. The average Bonchev–Trinajstić information content (AvgIpc) is 3.20. The monoisotopic (exact) mass is 527 g/mol. The van der Waals surface area contributed by atoms with Gasteiger partial charge in [-0.15, -0.1) is 0 Å². The van der Waals surface area contributed by atoms with Crippen molar-refractivity contribution in [2.45, 2.75) is 32.2 Å². The second-order valence-corrected chi connectivity index (χ2v) is 10.5. The lowest BCUT2D eigenvalue weighted by Gasteiger charge is -2.47. The molecule has 0 aliphatic carbocycles. The fourth-order valence-corrected chi connectivity index (χ4v) is 5.87. The summed E-state index contributed by atoms with van der Waals surface area (Å²) < 4.78 is 1.71. The fourth-order valence-electron chi connectivity index (χ4n) is 5.30. The Morgan fingerprint density at radius 3 is 2.81 bits per heavy atom. The standard InChI is InChI=1S/C25H27Cl2N7O2/c1-15(19-5-4-18(26)9-20(19)27)34-25-24(21(10-28)31-34)29-11-22(30-25)33-13-17(14-33)16-3-2-7-32(12-16)8-6-23(35)36/h4-5,9,11,15-17H,2-3,6-8,12-14H2,1H3,(H,35,36)/t15-,16+/m1/s1. The summed E-state index contributed by atoms with van der Waals surface area (Å²) in [5, 5.41) is 24.2. The van der Waals surface area contributed by atoms with Crippen LogP contribution in [0.15, 0.2) is 24.4 Å². The summed E-state index contributed by atoms with van der Waals surface area (Å²) in [5.74, 6) is 1.12. The number of anilines is 1. The number of benzene rings is 1. The van der Waals surface area contributed by atoms with Crippen LogP contribution in [0.3, 0.4) is 0 Å². The number of piperidine rings is 1. The Bertz CT molecular complexity index is 1330. The number of carboxylic acid groups (broad SMARTS) is 1. The highest BCUT2D eigenvalue weighted by atomic mass is 35.5. The lowest BCUT2D eigenvalue weighted by molar-refractivity contribution is -0.137. The fraction of sp³-hybridized carbons (Fsp3) is 0.480. The summed E-state index contributed by atoms with van der Waals surface area (Å²) in [6.07, 6.45) is 4.18. The van der Waals surface area contributed by atoms with Crippen LogP contribution < -0.4 is 4.90 Å². The molecule has 3 aromatic rings. The number of hydrogen-bond donors (Lipinski definition) is 1. The van der Waals surface area contributed by atoms with Crippen molar-refractivity contribution in [1.29, 1.82) is 5.26 Å². The van der Waals surface area contributed by atoms with Crippen LogP contribution >= 0.6 is 23.2 Å². The van der Waals surface area contributed by atoms with Gasteiger partial charge in [0.1, 0.15) is 17.4 Å². The quantitative estimate of drug-likeness (QED) is 0.485. The highest BCUT2D eigenvalue weighted by Crippen LogP contribution is 2.35. The van der Waals surface area contributed by atoms with Crippen LogP contribution in [0, 0.1) is 23.2 Å². The van der Waals surface area contributed by atoms with E-state index >= 15 is 0 Å². The van der Waals surface area contributed by atoms with Crippen LogP contribution in [0.2, 0.25) is 10.0 Å². The van der Waals surface area contributed by atoms with Gasteiger partial charge in [0.05, 0.1) is 18.7 Å². The predicted molar refractivity (Wildman–Crippen MR) is 137 cm³/mol. The molecule has 0 bridgehead atoms. The van der Waals surface area contributed by atoms with Crippen molar-refractivity contribution < 1.29 is 9.90 Å². The number of fused-ring (bicyclic) bond motifs is 1. The van der Waals surface area contributed by atoms with Crippen molar-refractivity contribution in [2.75, 3.05) is 37.6 Å². The number of halogens is 2. The Morgan fingerprint density at radius 1 is 1.28 bits per heavy atom. The minimum Gasteiger partial charge on any atom is -0.481 e. The van der Waals surface area contributed by atoms with Crippen LogP contribution in [-0.4, -0.2) is 68.4 Å². The zero-order valence-electron chi connectivity index (χ0n) is 19.9. The predicted octanol–water partition coefficient (Wildman–Crippen LogP) is 4.24. The summed E-state index contributed by atoms with van der Waals surface area (Å²) in [7, 11) is 0. The molecule has 11 heteroatoms. The first kappa shape index (κ1) is 24.8. The molecule has 2 aromatic heterocycles. The summed E-state index contributed by atoms with van der Waals surface area (Å²) in [4.78, 5) is 24.8. The first-order valence-electron chi connectivity index (χ1n) is 12.1. The number of nitriles is 1. The molecule has 0 radical (unpaired) electrons. The van der Waals surface area contributed by atoms with Crippen molar-refractivity contribution in [3.05, 3.63) is 45.7 Å². The molecule has 4 heterocycles. The van der Waals surface area contributed by atoms with E-state index in [9.17, 15) is 10.1 Å². The number of aliphatic carboxylic acids is 1. The Labute approximate surface area is 219 Å². The molecule has 2 aliphatic rings. The minimum absolute atomic E-state index is 0.192. The molecule has 188 valence electrons. The van der Waals surface area contributed by atoms with Gasteiger partial charge in [-0.3, -0.25) is 4.79 Å². The topological polar surface area (TPSA) is 111 Å². The first-order valence-corrected chi connectivity index (χ1v) is 12.9. The summed E-state index contributed by atoms with van der Waals surface area (Å²) in [6.45, 7) is 6.27. The van der Waals surface area contributed by atoms with E-state index < -0.39 is 5.97 Å². The van der Waals surface area contributed by atoms with E-state index in [1.807, 2.05) is 13.0 Å². The Morgan fingerprint density at radius 2 is 2.08 bits per heavy atom. The van der Waals surface area contributed by atoms with Crippen LogP contribution in [0.5, 0.6) is 0 Å². The normalized spacial score (nSPS) is 19.7. The maximum absolute atomic E-state index is 10.9. The van der Waals surface area contributed by atoms with Gasteiger partial charge < -0.3 is 14.9 Å². The third-order valence-corrected chi connectivity index (χ3v) is 7.92. The van der Waals surface area contributed by atoms with Gasteiger partial charge >= 0.3 is 5.97 Å². The average molecular weight is 528 g/mol. The van der Waals surface area contributed by atoms with Crippen LogP contribution in [0.4, 0.5) is 5.82 Å². The lowest BCUT2D eigenvalue weighted by atomic mass is 9.80. The van der Waals surface area contributed by atoms with Gasteiger partial charge in [0, 0.05) is 36.2 Å². The van der Waals surface area contributed by atoms with E-state index in [1.54, 1.807) is 23.0 Å². The van der Waals surface area contributed by atoms with Crippen molar-refractivity contribution in [2.24, 2.45) is 11.8 Å². The number of hydrogen-bond acceptors (Lipinski definition) is 7. The summed E-state index contributed by atoms with van der Waals surface area (Å²) in [5.41, 5.74) is 2.07. The van der Waals surface area contributed by atoms with Crippen LogP contribution in [0.1, 0.15) is 43.5 Å². The smallest absolute Gasteiger partial charge is 0.304 e. The van der Waals surface area contributed by atoms with Crippen LogP contribution in [-0.2, 0) is 4.79 Å². The molecule has 2 atom stereocenters. The molecule has 0 unspecified atom stereocenters. The molecular weight excluding hydrogens is 501 g/mol. The maximum Gasteiger partial charge on any atom is 0.304 e. The number of rotatable bonds is 7. The molecule has 1 aromatic carbocycles. The summed E-state index contributed by atoms with van der Waals surface area (Å²) >= 11 is 12.5. The van der Waals surface area contributed by atoms with Gasteiger partial charge in [-0.05, 0) is 55.8 Å². The molecule has 1 N–H and O–H groups in total. The zero-order chi connectivity index (χ0) is 25.4. The summed E-state index contributed by atoms with van der Waals surface area (Å²) in [6, 6.07) is 7.18. The maximum atomic E-state index is 10.9. The Kier molecular flexibility index (Phi) is 7.02. The molecule has 36 heavy (non-hydrogen) atoms. The van der Waals surface area contributed by atoms with Gasteiger partial charge in [0.25, 0.3) is 0 Å². The molecule has 0 amide bonds. The Hall–Kier alpha value is -2.93. The van der Waals surface area contributed by atoms with Crippen molar-refractivity contribution in [3.8, 4) is 6.07 Å². The molecule has 0 spiro atoms. The van der Waals surface area contributed by atoms with E-state index in [-0.39, 0.29) is 18.2 Å². The van der Waals surface area contributed by atoms with Gasteiger partial charge in [-0.25, -0.2) is 14.6 Å². The third-order valence-electron chi connectivity index (χ3n) is 7.36. The Balaban J connectivity index is 1.33. The van der Waals surface area contributed by atoms with Crippen molar-refractivity contribution in [1.82, 2.24) is 24.6 Å². The minimum atomic E-state index is -0.743. The highest BCUT2D eigenvalue weighted by molar-refractivity contribution is 6.35. The zero-order valence-corrected chi connectivity index (χ0v) is 21.5. The molecule has 0 saturated carbocycles. The van der Waals surface area contributed by atoms with E-state index in [1.165, 1.54) is 6.42 Å². The third kappa shape index (κ3) is 4.85. The molecule has 5 rings (SSSR count). The second-order valence-electron chi connectivity index (χ2n) is 9.66. The lowest BCUT2D eigenvalue weighted by Crippen LogP contribution is -2.54. The van der Waals surface area contributed by atoms with E-state index in [0.29, 0.717) is 39.6 Å². The number of nitrogens with zero attached hydrogens (tertiary/aromatic N) is 7. The van der Waals surface area contributed by atoms with Crippen molar-refractivity contribution in [3.63, 3.8) is 0 Å². The van der Waals surface area contributed by atoms with E-state index in [0.717, 1.165) is 44.0 Å². The molecule has 2 fully saturated rings. The number of carbonyl (C=O) groups is 1. The number of aromatic nitrogens is 4. The largest absolute Gasteiger partial charge is 0.481 e. The number of likely N-dealkylation sites (tertiary alicyclic amines) is 1. The highest BCUT2D eigenvalue weighted by Gasteiger charge is 2.37. The van der Waals surface area contributed by atoms with Gasteiger partial charge in [-0.2, -0.15) is 10.4 Å². The van der Waals surface area contributed by atoms with E-state index in [4.69, 9.17) is 33.3 Å². The van der Waals surface area contributed by atoms with Gasteiger partial charge in [-0.1, -0.05) is 29.3 Å². The molecule has 9 nitrogen and oxygen atoms in total. The van der Waals surface area contributed by atoms with Crippen LogP contribution in [0.25, 0.3) is 11.2 Å². The molecular formula is C25H27Cl2N7O2. The SMILES string of the molecule is C[C@H](c1ccc(Cl)cc1Cl)n1nc(C#N)c2ncc(N3CC([C@H]4CCCN(CCC(=O)O)C4)C3)nc21. The van der Waals surface area contributed by atoms with Crippen molar-refractivity contribution >= 4 is 46.2 Å². The van der Waals surface area contributed by atoms with Gasteiger partial charge in [0.2, 0.25) is 0 Å². The van der Waals surface area contributed by atoms with E-state index in [2.05, 4.69) is 26.0 Å². The first-order chi connectivity index (χ1) is 17.3.